The van der Waals surface area contributed by atoms with E-state index in [2.05, 4.69) is 37.2 Å². The number of fused-ring (bicyclic) bond motifs is 2. The Labute approximate surface area is 263 Å². The Morgan fingerprint density at radius 3 is 1.89 bits per heavy atom. The molecule has 0 aliphatic carbocycles. The van der Waals surface area contributed by atoms with Crippen LogP contribution < -0.4 is 4.90 Å². The van der Waals surface area contributed by atoms with E-state index in [1.807, 2.05) is 58.1 Å². The van der Waals surface area contributed by atoms with Gasteiger partial charge in [0, 0.05) is 47.5 Å². The molecule has 0 N–H and O–H groups in total. The third kappa shape index (κ3) is 7.10. The van der Waals surface area contributed by atoms with Gasteiger partial charge in [0.05, 0.1) is 16.5 Å². The number of anilines is 1. The van der Waals surface area contributed by atoms with Crippen molar-refractivity contribution in [1.82, 2.24) is 0 Å². The zero-order valence-electron chi connectivity index (χ0n) is 27.5. The summed E-state index contributed by atoms with van der Waals surface area (Å²) < 4.78 is 83.7. The lowest BCUT2D eigenvalue weighted by Crippen LogP contribution is -2.28. The van der Waals surface area contributed by atoms with E-state index in [0.717, 1.165) is 47.8 Å². The molecule has 2 aromatic carbocycles. The Bertz CT molecular complexity index is 1530. The Hall–Kier alpha value is -3.29. The van der Waals surface area contributed by atoms with Gasteiger partial charge in [-0.2, -0.15) is 30.9 Å². The molecule has 2 aliphatic rings. The van der Waals surface area contributed by atoms with Gasteiger partial charge in [0.15, 0.2) is 5.71 Å². The average Bonchev–Trinajstić information content (AvgIpc) is 3.27. The molecule has 8 heteroatoms. The number of rotatable bonds is 9. The summed E-state index contributed by atoms with van der Waals surface area (Å²) >= 11 is 0. The maximum atomic E-state index is 13.6. The third-order valence-corrected chi connectivity index (χ3v) is 9.03. The molecular weight excluding hydrogens is 586 g/mol. The Morgan fingerprint density at radius 1 is 0.733 bits per heavy atom. The normalized spacial score (nSPS) is 18.8. The number of hydrogen-bond donors (Lipinski definition) is 0. The Morgan fingerprint density at radius 2 is 1.31 bits per heavy atom. The topological polar surface area (TPSA) is 6.25 Å². The molecule has 2 aliphatic heterocycles. The van der Waals surface area contributed by atoms with Gasteiger partial charge in [0.25, 0.3) is 0 Å². The zero-order chi connectivity index (χ0) is 33.5. The van der Waals surface area contributed by atoms with Crippen molar-refractivity contribution in [2.24, 2.45) is 11.8 Å². The first kappa shape index (κ1) is 34.6. The fourth-order valence-electron chi connectivity index (χ4n) is 6.32. The van der Waals surface area contributed by atoms with E-state index in [0.29, 0.717) is 36.1 Å². The monoisotopic (exact) mass is 631 g/mol. The summed E-state index contributed by atoms with van der Waals surface area (Å²) in [4.78, 5) is 2.13. The van der Waals surface area contributed by atoms with Crippen LogP contribution in [0.2, 0.25) is 0 Å². The Kier molecular flexibility index (Phi) is 9.59. The van der Waals surface area contributed by atoms with E-state index < -0.39 is 34.3 Å². The molecule has 244 valence electrons. The Balaban J connectivity index is 1.69. The quantitative estimate of drug-likeness (QED) is 0.152. The van der Waals surface area contributed by atoms with Crippen LogP contribution in [0.1, 0.15) is 90.5 Å². The molecule has 0 radical (unpaired) electrons. The SMILES string of the molecule is CC(C)CCN1/C(=C/C=C/C=C/C2=[N+](CCC(C)C)c3ccc(C(F)(F)F)cc3C2(C)C)C(C)(C)c2cc(C(F)(F)F)ccc21. The maximum absolute atomic E-state index is 13.6. The lowest BCUT2D eigenvalue weighted by atomic mass is 9.80. The van der Waals surface area contributed by atoms with Crippen molar-refractivity contribution >= 4 is 17.1 Å². The highest BCUT2D eigenvalue weighted by Crippen LogP contribution is 2.49. The van der Waals surface area contributed by atoms with Gasteiger partial charge in [-0.15, -0.1) is 0 Å². The molecule has 0 saturated heterocycles. The van der Waals surface area contributed by atoms with Gasteiger partial charge in [-0.1, -0.05) is 59.8 Å². The van der Waals surface area contributed by atoms with Crippen LogP contribution in [0.15, 0.2) is 72.5 Å². The zero-order valence-corrected chi connectivity index (χ0v) is 27.5. The molecule has 0 bridgehead atoms. The smallest absolute Gasteiger partial charge is 0.344 e. The fourth-order valence-corrected chi connectivity index (χ4v) is 6.32. The van der Waals surface area contributed by atoms with Crippen LogP contribution in [0.4, 0.5) is 37.7 Å². The standard InChI is InChI=1S/C37H45F6N2/c1-24(2)18-20-44-30-16-14-26(36(38,39)40)22-28(30)34(5,6)32(44)12-10-9-11-13-33-35(7,8)29-23-27(37(41,42)43)15-17-31(29)45(33)21-19-25(3)4/h9-17,22-25H,18-21H2,1-8H3/q+1. The minimum absolute atomic E-state index is 0.424. The molecule has 0 amide bonds. The first-order chi connectivity index (χ1) is 20.8. The average molecular weight is 632 g/mol. The first-order valence-corrected chi connectivity index (χ1v) is 15.7. The van der Waals surface area contributed by atoms with Crippen LogP contribution in [-0.2, 0) is 23.2 Å². The molecule has 0 aromatic heterocycles. The maximum Gasteiger partial charge on any atom is 0.416 e. The van der Waals surface area contributed by atoms with Gasteiger partial charge in [-0.3, -0.25) is 0 Å². The number of benzene rings is 2. The highest BCUT2D eigenvalue weighted by atomic mass is 19.4. The van der Waals surface area contributed by atoms with Crippen molar-refractivity contribution in [3.63, 3.8) is 0 Å². The summed E-state index contributed by atoms with van der Waals surface area (Å²) in [6.07, 6.45) is 2.50. The molecular formula is C37H45F6N2+. The minimum atomic E-state index is -4.42. The predicted molar refractivity (Wildman–Crippen MR) is 171 cm³/mol. The molecule has 4 rings (SSSR count). The molecule has 0 fully saturated rings. The lowest BCUT2D eigenvalue weighted by molar-refractivity contribution is -0.439. The first-order valence-electron chi connectivity index (χ1n) is 15.7. The van der Waals surface area contributed by atoms with Crippen molar-refractivity contribution in [2.45, 2.75) is 91.4 Å². The summed E-state index contributed by atoms with van der Waals surface area (Å²) in [5, 5.41) is 0. The second kappa shape index (κ2) is 12.5. The molecule has 2 nitrogen and oxygen atoms in total. The number of allylic oxidation sites excluding steroid dienone is 6. The van der Waals surface area contributed by atoms with Gasteiger partial charge in [0.1, 0.15) is 6.54 Å². The highest BCUT2D eigenvalue weighted by Gasteiger charge is 2.46. The largest absolute Gasteiger partial charge is 0.416 e. The third-order valence-electron chi connectivity index (χ3n) is 9.03. The van der Waals surface area contributed by atoms with Gasteiger partial charge in [-0.25, -0.2) is 0 Å². The molecule has 0 atom stereocenters. The molecule has 2 heterocycles. The summed E-state index contributed by atoms with van der Waals surface area (Å²) in [6, 6.07) is 8.01. The van der Waals surface area contributed by atoms with Crippen LogP contribution in [0.25, 0.3) is 0 Å². The highest BCUT2D eigenvalue weighted by molar-refractivity contribution is 6.03. The van der Waals surface area contributed by atoms with E-state index in [-0.39, 0.29) is 0 Å². The van der Waals surface area contributed by atoms with E-state index in [1.54, 1.807) is 12.1 Å². The number of hydrogen-bond acceptors (Lipinski definition) is 1. The van der Waals surface area contributed by atoms with Gasteiger partial charge < -0.3 is 4.90 Å². The van der Waals surface area contributed by atoms with Gasteiger partial charge >= 0.3 is 12.4 Å². The molecule has 0 spiro atoms. The van der Waals surface area contributed by atoms with Crippen LogP contribution in [0, 0.1) is 11.8 Å². The fraction of sp³-hybridized carbons (Fsp3) is 0.486. The predicted octanol–water partition coefficient (Wildman–Crippen LogP) is 11.0. The summed E-state index contributed by atoms with van der Waals surface area (Å²) in [7, 11) is 0. The summed E-state index contributed by atoms with van der Waals surface area (Å²) in [6.45, 7) is 17.7. The van der Waals surface area contributed by atoms with E-state index in [4.69, 9.17) is 0 Å². The van der Waals surface area contributed by atoms with Crippen LogP contribution in [-0.4, -0.2) is 23.4 Å². The van der Waals surface area contributed by atoms with Crippen molar-refractivity contribution in [3.05, 3.63) is 94.7 Å². The second-order valence-corrected chi connectivity index (χ2v) is 14.1. The van der Waals surface area contributed by atoms with Gasteiger partial charge in [0.2, 0.25) is 5.69 Å². The molecule has 0 unspecified atom stereocenters. The van der Waals surface area contributed by atoms with Crippen molar-refractivity contribution in [3.8, 4) is 0 Å². The minimum Gasteiger partial charge on any atom is -0.344 e. The van der Waals surface area contributed by atoms with Crippen LogP contribution in [0.5, 0.6) is 0 Å². The molecule has 2 aromatic rings. The van der Waals surface area contributed by atoms with Crippen molar-refractivity contribution < 1.29 is 30.9 Å². The van der Waals surface area contributed by atoms with Crippen molar-refractivity contribution in [2.75, 3.05) is 18.0 Å². The van der Waals surface area contributed by atoms with Crippen LogP contribution >= 0.6 is 0 Å². The van der Waals surface area contributed by atoms with E-state index in [9.17, 15) is 26.3 Å². The van der Waals surface area contributed by atoms with Crippen molar-refractivity contribution in [1.29, 1.82) is 0 Å². The van der Waals surface area contributed by atoms with Crippen LogP contribution in [0.3, 0.4) is 0 Å². The second-order valence-electron chi connectivity index (χ2n) is 14.1. The summed E-state index contributed by atoms with van der Waals surface area (Å²) in [5.74, 6) is 0.848. The number of halogens is 6. The van der Waals surface area contributed by atoms with Gasteiger partial charge in [-0.05, 0) is 74.1 Å². The van der Waals surface area contributed by atoms with E-state index in [1.165, 1.54) is 12.1 Å². The number of alkyl halides is 6. The molecule has 0 saturated carbocycles. The number of nitrogens with zero attached hydrogens (tertiary/aromatic N) is 2. The lowest BCUT2D eigenvalue weighted by Gasteiger charge is -2.27. The molecule has 45 heavy (non-hydrogen) atoms. The summed E-state index contributed by atoms with van der Waals surface area (Å²) in [5.41, 5.74) is 2.13. The van der Waals surface area contributed by atoms with E-state index >= 15 is 0 Å².